The topological polar surface area (TPSA) is 0 Å². The Morgan fingerprint density at radius 2 is 0.762 bits per heavy atom. The summed E-state index contributed by atoms with van der Waals surface area (Å²) in [6.45, 7) is 0. The van der Waals surface area contributed by atoms with Crippen LogP contribution in [0.3, 0.4) is 0 Å². The van der Waals surface area contributed by atoms with E-state index in [0.29, 0.717) is 0 Å². The van der Waals surface area contributed by atoms with Crippen LogP contribution in [0.2, 0.25) is 0 Å². The summed E-state index contributed by atoms with van der Waals surface area (Å²) in [5.41, 5.74) is 0. The highest BCUT2D eigenvalue weighted by Crippen LogP contribution is 2.90. The van der Waals surface area contributed by atoms with E-state index in [1.165, 1.54) is 94.7 Å². The highest BCUT2D eigenvalue weighted by atomic mass is 14.9. The van der Waals surface area contributed by atoms with Crippen molar-refractivity contribution in [1.29, 1.82) is 0 Å². The third-order valence-corrected chi connectivity index (χ3v) is 12.1. The van der Waals surface area contributed by atoms with Crippen molar-refractivity contribution in [2.45, 2.75) is 32.1 Å². The van der Waals surface area contributed by atoms with Gasteiger partial charge >= 0.3 is 0 Å². The van der Waals surface area contributed by atoms with Crippen molar-refractivity contribution in [1.82, 2.24) is 0 Å². The normalized spacial score (nSPS) is 88.0. The molecule has 0 aromatic carbocycles. The third kappa shape index (κ3) is 0.689. The molecule has 9 aliphatic rings. The quantitative estimate of drug-likeness (QED) is 0.589. The van der Waals surface area contributed by atoms with Crippen molar-refractivity contribution in [3.05, 3.63) is 0 Å². The highest BCUT2D eigenvalue weighted by Gasteiger charge is 2.85. The van der Waals surface area contributed by atoms with E-state index in [1.807, 2.05) is 0 Å². The summed E-state index contributed by atoms with van der Waals surface area (Å²) in [5.74, 6) is 20.5. The van der Waals surface area contributed by atoms with Gasteiger partial charge in [0.2, 0.25) is 0 Å². The molecule has 0 heterocycles. The van der Waals surface area contributed by atoms with Crippen molar-refractivity contribution >= 4 is 0 Å². The summed E-state index contributed by atoms with van der Waals surface area (Å²) in [5, 5.41) is 0. The highest BCUT2D eigenvalue weighted by molar-refractivity contribution is 5.33. The molecule has 14 atom stereocenters. The first-order valence-corrected chi connectivity index (χ1v) is 10.4. The molecule has 0 radical (unpaired) electrons. The number of fused-ring (bicyclic) bond motifs is 12. The van der Waals surface area contributed by atoms with Gasteiger partial charge in [0.15, 0.2) is 0 Å². The van der Waals surface area contributed by atoms with E-state index in [2.05, 4.69) is 0 Å². The zero-order valence-electron chi connectivity index (χ0n) is 12.8. The fourth-order valence-electron chi connectivity index (χ4n) is 11.8. The Morgan fingerprint density at radius 1 is 0.333 bits per heavy atom. The third-order valence-electron chi connectivity index (χ3n) is 12.1. The van der Waals surface area contributed by atoms with Crippen LogP contribution in [0.25, 0.3) is 0 Å². The number of hydrogen-bond donors (Lipinski definition) is 0. The summed E-state index contributed by atoms with van der Waals surface area (Å²) >= 11 is 0. The Labute approximate surface area is 127 Å². The first kappa shape index (κ1) is 9.99. The van der Waals surface area contributed by atoms with Gasteiger partial charge in [0.25, 0.3) is 0 Å². The number of hydrogen-bond acceptors (Lipinski definition) is 0. The lowest BCUT2D eigenvalue weighted by molar-refractivity contribution is -0.395. The molecule has 9 saturated carbocycles. The van der Waals surface area contributed by atoms with E-state index in [1.54, 1.807) is 32.1 Å². The maximum atomic E-state index is 1.72. The zero-order chi connectivity index (χ0) is 12.8. The fourth-order valence-corrected chi connectivity index (χ4v) is 11.8. The minimum atomic E-state index is 1.24. The van der Waals surface area contributed by atoms with Crippen LogP contribution in [0.15, 0.2) is 0 Å². The minimum absolute atomic E-state index is 1.24. The van der Waals surface area contributed by atoms with Gasteiger partial charge in [-0.1, -0.05) is 0 Å². The van der Waals surface area contributed by atoms with Gasteiger partial charge in [-0.25, -0.2) is 0 Å². The van der Waals surface area contributed by atoms with Crippen molar-refractivity contribution in [3.8, 4) is 0 Å². The lowest BCUT2D eigenvalue weighted by Crippen LogP contribution is -2.83. The lowest BCUT2D eigenvalue weighted by Gasteiger charge is -2.86. The van der Waals surface area contributed by atoms with Gasteiger partial charge in [-0.15, -0.1) is 0 Å². The number of rotatable bonds is 0. The van der Waals surface area contributed by atoms with Crippen LogP contribution in [-0.2, 0) is 0 Å². The van der Waals surface area contributed by atoms with Crippen molar-refractivity contribution in [2.24, 2.45) is 94.7 Å². The Balaban J connectivity index is 1.14. The van der Waals surface area contributed by atoms with Crippen molar-refractivity contribution < 1.29 is 0 Å². The summed E-state index contributed by atoms with van der Waals surface area (Å²) in [4.78, 5) is 0. The van der Waals surface area contributed by atoms with E-state index in [4.69, 9.17) is 0 Å². The molecule has 9 fully saturated rings. The Hall–Kier alpha value is 0. The van der Waals surface area contributed by atoms with Crippen LogP contribution in [-0.4, -0.2) is 0 Å². The lowest BCUT2D eigenvalue weighted by atomic mass is 9.18. The van der Waals surface area contributed by atoms with Crippen LogP contribution in [0.4, 0.5) is 0 Å². The van der Waals surface area contributed by atoms with Crippen LogP contribution in [0.1, 0.15) is 32.1 Å². The van der Waals surface area contributed by atoms with E-state index in [-0.39, 0.29) is 0 Å². The maximum Gasteiger partial charge on any atom is -0.0312 e. The van der Waals surface area contributed by atoms with Crippen molar-refractivity contribution in [3.63, 3.8) is 0 Å². The van der Waals surface area contributed by atoms with E-state index in [0.717, 1.165) is 0 Å². The standard InChI is InChI=1S/C21H26/c1-2-8-7(1)14-15(8)19-18(14)20-16-11-5-12(17(16)21(19)20)10-4-6-3-9(11)13(6)10/h6-21H,1-5H2. The Bertz CT molecular complexity index is 557. The molecule has 2 bridgehead atoms. The average molecular weight is 278 g/mol. The van der Waals surface area contributed by atoms with Crippen molar-refractivity contribution in [2.75, 3.05) is 0 Å². The monoisotopic (exact) mass is 278 g/mol. The van der Waals surface area contributed by atoms with E-state index in [9.17, 15) is 0 Å². The molecule has 0 amide bonds. The second-order valence-corrected chi connectivity index (χ2v) is 11.2. The van der Waals surface area contributed by atoms with Gasteiger partial charge in [-0.05, 0) is 127 Å². The van der Waals surface area contributed by atoms with Gasteiger partial charge in [0, 0.05) is 0 Å². The van der Waals surface area contributed by atoms with E-state index >= 15 is 0 Å². The van der Waals surface area contributed by atoms with Crippen LogP contribution in [0.5, 0.6) is 0 Å². The molecule has 0 aliphatic heterocycles. The molecule has 0 spiro atoms. The van der Waals surface area contributed by atoms with Crippen LogP contribution < -0.4 is 0 Å². The average Bonchev–Trinajstić information content (AvgIpc) is 2.69. The Kier molecular flexibility index (Phi) is 1.22. The van der Waals surface area contributed by atoms with E-state index < -0.39 is 0 Å². The maximum absolute atomic E-state index is 1.72. The molecule has 9 aliphatic carbocycles. The second-order valence-electron chi connectivity index (χ2n) is 11.2. The molecule has 21 heavy (non-hydrogen) atoms. The molecule has 14 unspecified atom stereocenters. The summed E-state index contributed by atoms with van der Waals surface area (Å²) in [7, 11) is 0. The van der Waals surface area contributed by atoms with Gasteiger partial charge in [0.1, 0.15) is 0 Å². The molecule has 0 heteroatoms. The van der Waals surface area contributed by atoms with Gasteiger partial charge in [-0.2, -0.15) is 0 Å². The zero-order valence-corrected chi connectivity index (χ0v) is 12.8. The molecule has 110 valence electrons. The fraction of sp³-hybridized carbons (Fsp3) is 1.00. The van der Waals surface area contributed by atoms with Gasteiger partial charge in [-0.3, -0.25) is 0 Å². The van der Waals surface area contributed by atoms with Gasteiger partial charge in [0.05, 0.1) is 0 Å². The predicted octanol–water partition coefficient (Wildman–Crippen LogP) is 3.92. The first-order chi connectivity index (χ1) is 10.4. The predicted molar refractivity (Wildman–Crippen MR) is 78.9 cm³/mol. The smallest absolute Gasteiger partial charge is 0.0312 e. The Morgan fingerprint density at radius 3 is 1.19 bits per heavy atom. The van der Waals surface area contributed by atoms with Crippen LogP contribution in [0, 0.1) is 94.7 Å². The molecule has 9 rings (SSSR count). The SMILES string of the molecule is C1C2CC3C4CC(C1C23)C1C4C2C1C1C3C4CCC4C3C21. The molecule has 0 aromatic rings. The molecule has 0 nitrogen and oxygen atoms in total. The molecule has 0 saturated heterocycles. The molecular weight excluding hydrogens is 252 g/mol. The summed E-state index contributed by atoms with van der Waals surface area (Å²) in [6, 6.07) is 0. The van der Waals surface area contributed by atoms with Crippen LogP contribution >= 0.6 is 0 Å². The summed E-state index contributed by atoms with van der Waals surface area (Å²) in [6.07, 6.45) is 8.37. The largest absolute Gasteiger partial charge is 0.0496 e. The molecular formula is C21H26. The van der Waals surface area contributed by atoms with Gasteiger partial charge < -0.3 is 0 Å². The second kappa shape index (κ2) is 2.57. The summed E-state index contributed by atoms with van der Waals surface area (Å²) < 4.78 is 0. The molecule has 0 N–H and O–H groups in total. The first-order valence-electron chi connectivity index (χ1n) is 10.4. The molecule has 0 aromatic heterocycles. The minimum Gasteiger partial charge on any atom is -0.0496 e.